The predicted molar refractivity (Wildman–Crippen MR) is 164 cm³/mol. The van der Waals surface area contributed by atoms with Gasteiger partial charge in [-0.3, -0.25) is 10.2 Å². The summed E-state index contributed by atoms with van der Waals surface area (Å²) in [5.41, 5.74) is 4.49. The SMILES string of the molecule is Cc1c(C=C2C(=N)N3N=C(C45CC6CC(CC(C6)C4)C5)SC3=NC2=O)c2ccccc2n1Cc1ccc2c(c1)OCO2. The number of ether oxygens (including phenoxy) is 2. The van der Waals surface area contributed by atoms with Crippen LogP contribution in [0.1, 0.15) is 55.3 Å². The maximum atomic E-state index is 13.4. The van der Waals surface area contributed by atoms with Gasteiger partial charge in [0.05, 0.1) is 5.57 Å². The fraction of sp³-hybridized carbons (Fsp3) is 0.394. The fourth-order valence-corrected chi connectivity index (χ4v) is 9.90. The standard InChI is InChI=1S/C33H31N5O3S/c1-18-24(23-4-2-3-5-26(23)37(18)16-19-6-7-27-28(11-19)41-17-40-27)12-25-29(34)38-32(35-30(25)39)42-31(36-38)33-13-20-8-21(14-33)10-22(9-20)15-33/h2-7,11-12,20-22,34H,8-10,13-17H2,1H3. The second-order valence-corrected chi connectivity index (χ2v) is 13.9. The highest BCUT2D eigenvalue weighted by atomic mass is 32.2. The molecule has 3 aromatic rings. The van der Waals surface area contributed by atoms with Crippen LogP contribution in [0.25, 0.3) is 17.0 Å². The van der Waals surface area contributed by atoms with Crippen LogP contribution in [0.2, 0.25) is 0 Å². The van der Waals surface area contributed by atoms with Gasteiger partial charge in [0.1, 0.15) is 5.04 Å². The molecule has 4 bridgehead atoms. The Morgan fingerprint density at radius 2 is 1.79 bits per heavy atom. The zero-order valence-corrected chi connectivity index (χ0v) is 24.2. The van der Waals surface area contributed by atoms with Crippen molar-refractivity contribution < 1.29 is 14.3 Å². The van der Waals surface area contributed by atoms with Crippen molar-refractivity contribution in [3.63, 3.8) is 0 Å². The molecule has 0 atom stereocenters. The molecule has 8 nitrogen and oxygen atoms in total. The molecule has 4 fully saturated rings. The lowest BCUT2D eigenvalue weighted by Crippen LogP contribution is -2.49. The molecular weight excluding hydrogens is 546 g/mol. The van der Waals surface area contributed by atoms with E-state index in [0.29, 0.717) is 11.7 Å². The van der Waals surface area contributed by atoms with Gasteiger partial charge in [0.2, 0.25) is 12.0 Å². The van der Waals surface area contributed by atoms with Crippen molar-refractivity contribution in [3.05, 3.63) is 64.9 Å². The zero-order chi connectivity index (χ0) is 28.2. The first-order valence-corrected chi connectivity index (χ1v) is 15.7. The molecule has 1 N–H and O–H groups in total. The minimum atomic E-state index is -0.368. The van der Waals surface area contributed by atoms with Gasteiger partial charge in [0, 0.05) is 34.1 Å². The summed E-state index contributed by atoms with van der Waals surface area (Å²) >= 11 is 1.53. The van der Waals surface area contributed by atoms with E-state index in [1.165, 1.54) is 50.3 Å². The number of amidine groups is 2. The molecule has 0 saturated heterocycles. The molecule has 2 aromatic carbocycles. The molecule has 7 aliphatic rings. The van der Waals surface area contributed by atoms with Gasteiger partial charge >= 0.3 is 0 Å². The molecule has 9 heteroatoms. The van der Waals surface area contributed by atoms with E-state index >= 15 is 0 Å². The Morgan fingerprint density at radius 3 is 2.57 bits per heavy atom. The molecule has 4 aliphatic carbocycles. The predicted octanol–water partition coefficient (Wildman–Crippen LogP) is 6.56. The number of rotatable bonds is 4. The Bertz CT molecular complexity index is 1780. The van der Waals surface area contributed by atoms with Crippen molar-refractivity contribution in [1.82, 2.24) is 9.58 Å². The molecule has 0 spiro atoms. The number of carbonyl (C=O) groups excluding carboxylic acids is 1. The Hall–Kier alpha value is -3.85. The summed E-state index contributed by atoms with van der Waals surface area (Å²) in [5.74, 6) is 3.67. The number of aliphatic imine (C=N–C) groups is 1. The number of aromatic nitrogens is 1. The van der Waals surface area contributed by atoms with Gasteiger partial charge < -0.3 is 14.0 Å². The van der Waals surface area contributed by atoms with E-state index < -0.39 is 0 Å². The van der Waals surface area contributed by atoms with Crippen molar-refractivity contribution in [3.8, 4) is 11.5 Å². The number of nitrogens with one attached hydrogen (secondary N) is 1. The van der Waals surface area contributed by atoms with E-state index in [9.17, 15) is 4.79 Å². The average molecular weight is 578 g/mol. The van der Waals surface area contributed by atoms with Crippen LogP contribution in [0.15, 0.2) is 58.1 Å². The summed E-state index contributed by atoms with van der Waals surface area (Å²) in [4.78, 5) is 17.9. The average Bonchev–Trinajstić information content (AvgIpc) is 3.68. The van der Waals surface area contributed by atoms with Crippen LogP contribution < -0.4 is 9.47 Å². The molecule has 4 saturated carbocycles. The number of benzene rings is 2. The summed E-state index contributed by atoms with van der Waals surface area (Å²) in [5, 5.41) is 18.4. The number of fused-ring (bicyclic) bond motifs is 3. The van der Waals surface area contributed by atoms with E-state index in [4.69, 9.17) is 20.0 Å². The number of hydrogen-bond donors (Lipinski definition) is 1. The molecule has 4 heterocycles. The number of hydrogen-bond acceptors (Lipinski definition) is 6. The quantitative estimate of drug-likeness (QED) is 0.355. The van der Waals surface area contributed by atoms with Crippen molar-refractivity contribution in [2.24, 2.45) is 33.3 Å². The molecular formula is C33H31N5O3S. The first-order valence-electron chi connectivity index (χ1n) is 14.9. The highest BCUT2D eigenvalue weighted by Crippen LogP contribution is 2.62. The third-order valence-electron chi connectivity index (χ3n) is 10.3. The van der Waals surface area contributed by atoms with Gasteiger partial charge in [0.25, 0.3) is 5.91 Å². The van der Waals surface area contributed by atoms with Gasteiger partial charge in [-0.15, -0.1) is 0 Å². The maximum Gasteiger partial charge on any atom is 0.283 e. The second kappa shape index (κ2) is 8.83. The van der Waals surface area contributed by atoms with Crippen molar-refractivity contribution >= 4 is 50.7 Å². The zero-order valence-electron chi connectivity index (χ0n) is 23.4. The second-order valence-electron chi connectivity index (χ2n) is 12.9. The number of para-hydroxylation sites is 1. The van der Waals surface area contributed by atoms with Gasteiger partial charge in [-0.2, -0.15) is 15.1 Å². The van der Waals surface area contributed by atoms with Gasteiger partial charge in [-0.1, -0.05) is 24.3 Å². The lowest BCUT2D eigenvalue weighted by molar-refractivity contribution is -0.114. The molecule has 1 aromatic heterocycles. The molecule has 42 heavy (non-hydrogen) atoms. The molecule has 0 unspecified atom stereocenters. The van der Waals surface area contributed by atoms with E-state index in [-0.39, 0.29) is 29.5 Å². The third-order valence-corrected chi connectivity index (χ3v) is 11.4. The minimum absolute atomic E-state index is 0.102. The van der Waals surface area contributed by atoms with Crippen LogP contribution >= 0.6 is 11.8 Å². The molecule has 0 radical (unpaired) electrons. The first-order chi connectivity index (χ1) is 20.4. The van der Waals surface area contributed by atoms with Crippen LogP contribution in [0.5, 0.6) is 11.5 Å². The summed E-state index contributed by atoms with van der Waals surface area (Å²) in [7, 11) is 0. The van der Waals surface area contributed by atoms with Gasteiger partial charge in [0.15, 0.2) is 17.3 Å². The number of carbonyl (C=O) groups is 1. The van der Waals surface area contributed by atoms with Crippen molar-refractivity contribution in [2.75, 3.05) is 6.79 Å². The van der Waals surface area contributed by atoms with Crippen LogP contribution in [-0.4, -0.2) is 38.3 Å². The third kappa shape index (κ3) is 3.62. The normalized spacial score (nSPS) is 30.0. The summed E-state index contributed by atoms with van der Waals surface area (Å²) in [6, 6.07) is 14.2. The lowest BCUT2D eigenvalue weighted by Gasteiger charge is -2.56. The number of thioether (sulfide) groups is 1. The van der Waals surface area contributed by atoms with E-state index in [1.807, 2.05) is 30.3 Å². The van der Waals surface area contributed by atoms with E-state index in [1.54, 1.807) is 5.01 Å². The van der Waals surface area contributed by atoms with Crippen molar-refractivity contribution in [2.45, 2.75) is 52.0 Å². The molecule has 10 rings (SSSR count). The highest BCUT2D eigenvalue weighted by molar-refractivity contribution is 8.27. The number of amides is 1. The van der Waals surface area contributed by atoms with E-state index in [0.717, 1.165) is 62.0 Å². The molecule has 3 aliphatic heterocycles. The summed E-state index contributed by atoms with van der Waals surface area (Å²) < 4.78 is 13.3. The number of hydrazone groups is 1. The monoisotopic (exact) mass is 577 g/mol. The largest absolute Gasteiger partial charge is 0.454 e. The summed E-state index contributed by atoms with van der Waals surface area (Å²) in [6.07, 6.45) is 9.52. The highest BCUT2D eigenvalue weighted by Gasteiger charge is 2.55. The fourth-order valence-electron chi connectivity index (χ4n) is 8.79. The van der Waals surface area contributed by atoms with Crippen LogP contribution in [0, 0.1) is 35.5 Å². The van der Waals surface area contributed by atoms with Crippen LogP contribution in [0.4, 0.5) is 0 Å². The Kier molecular flexibility index (Phi) is 5.20. The first kappa shape index (κ1) is 24.7. The van der Waals surface area contributed by atoms with Crippen molar-refractivity contribution in [1.29, 1.82) is 5.41 Å². The van der Waals surface area contributed by atoms with E-state index in [2.05, 4.69) is 34.7 Å². The Labute approximate surface area is 248 Å². The van der Waals surface area contributed by atoms with Gasteiger partial charge in [-0.05, 0) is 105 Å². The topological polar surface area (TPSA) is 92.3 Å². The smallest absolute Gasteiger partial charge is 0.283 e. The Morgan fingerprint density at radius 1 is 1.05 bits per heavy atom. The minimum Gasteiger partial charge on any atom is -0.454 e. The molecule has 212 valence electrons. The Balaban J connectivity index is 1.07. The maximum absolute atomic E-state index is 13.4. The number of nitrogens with zero attached hydrogens (tertiary/aromatic N) is 4. The van der Waals surface area contributed by atoms with Gasteiger partial charge in [-0.25, -0.2) is 0 Å². The van der Waals surface area contributed by atoms with Crippen LogP contribution in [-0.2, 0) is 11.3 Å². The molecule has 1 amide bonds. The summed E-state index contributed by atoms with van der Waals surface area (Å²) in [6.45, 7) is 2.96. The lowest BCUT2D eigenvalue weighted by atomic mass is 9.50. The van der Waals surface area contributed by atoms with Crippen LogP contribution in [0.3, 0.4) is 0 Å².